The molecule has 1 atom stereocenters. The molecular weight excluding hydrogens is 232 g/mol. The first-order valence-corrected chi connectivity index (χ1v) is 6.87. The van der Waals surface area contributed by atoms with E-state index in [1.165, 1.54) is 18.2 Å². The van der Waals surface area contributed by atoms with Crippen LogP contribution in [0.25, 0.3) is 10.2 Å². The minimum absolute atomic E-state index is 0.576. The molecule has 5 heteroatoms. The van der Waals surface area contributed by atoms with E-state index in [2.05, 4.69) is 31.6 Å². The molecule has 1 fully saturated rings. The average Bonchev–Trinajstić information content (AvgIpc) is 2.87. The number of anilines is 1. The first kappa shape index (κ1) is 10.9. The first-order valence-electron chi connectivity index (χ1n) is 5.99. The number of nitrogens with zero attached hydrogens (tertiary/aromatic N) is 3. The van der Waals surface area contributed by atoms with Crippen LogP contribution in [-0.2, 0) is 0 Å². The van der Waals surface area contributed by atoms with Gasteiger partial charge in [0.2, 0.25) is 0 Å². The lowest BCUT2D eigenvalue weighted by molar-refractivity contribution is 0.448. The van der Waals surface area contributed by atoms with E-state index in [9.17, 15) is 0 Å². The maximum atomic E-state index is 4.47. The van der Waals surface area contributed by atoms with E-state index >= 15 is 0 Å². The maximum absolute atomic E-state index is 4.47. The number of aromatic nitrogens is 2. The van der Waals surface area contributed by atoms with E-state index in [1.807, 2.05) is 7.05 Å². The zero-order valence-electron chi connectivity index (χ0n) is 9.89. The third kappa shape index (κ3) is 2.00. The summed E-state index contributed by atoms with van der Waals surface area (Å²) >= 11 is 1.68. The Hall–Kier alpha value is -1.20. The highest BCUT2D eigenvalue weighted by molar-refractivity contribution is 7.16. The molecule has 1 saturated heterocycles. The van der Waals surface area contributed by atoms with Gasteiger partial charge in [0, 0.05) is 19.1 Å². The lowest BCUT2D eigenvalue weighted by atomic mass is 10.1. The number of fused-ring (bicyclic) bond motifs is 1. The van der Waals surface area contributed by atoms with Crippen LogP contribution >= 0.6 is 11.3 Å². The standard InChI is InChI=1S/C12H16N4S/c1-13-9-3-2-5-16(7-9)11-10-4-6-17-12(10)15-8-14-11/h4,6,8-9,13H,2-3,5,7H2,1H3. The van der Waals surface area contributed by atoms with Gasteiger partial charge in [-0.1, -0.05) is 0 Å². The molecule has 1 N–H and O–H groups in total. The Labute approximate surface area is 105 Å². The van der Waals surface area contributed by atoms with Gasteiger partial charge in [0.1, 0.15) is 17.0 Å². The zero-order valence-corrected chi connectivity index (χ0v) is 10.7. The summed E-state index contributed by atoms with van der Waals surface area (Å²) in [6, 6.07) is 2.70. The molecule has 0 aliphatic carbocycles. The molecule has 1 aliphatic rings. The first-order chi connectivity index (χ1) is 8.38. The molecule has 0 bridgehead atoms. The van der Waals surface area contributed by atoms with Gasteiger partial charge >= 0.3 is 0 Å². The van der Waals surface area contributed by atoms with Gasteiger partial charge in [-0.05, 0) is 31.3 Å². The highest BCUT2D eigenvalue weighted by Gasteiger charge is 2.21. The minimum Gasteiger partial charge on any atom is -0.354 e. The Kier molecular flexibility index (Phi) is 2.94. The fourth-order valence-electron chi connectivity index (χ4n) is 2.43. The van der Waals surface area contributed by atoms with Gasteiger partial charge in [-0.3, -0.25) is 0 Å². The van der Waals surface area contributed by atoms with Gasteiger partial charge in [0.25, 0.3) is 0 Å². The molecule has 0 amide bonds. The fraction of sp³-hybridized carbons (Fsp3) is 0.500. The Morgan fingerprint density at radius 2 is 2.41 bits per heavy atom. The fourth-order valence-corrected chi connectivity index (χ4v) is 3.16. The van der Waals surface area contributed by atoms with Crippen molar-refractivity contribution in [2.24, 2.45) is 0 Å². The molecule has 0 spiro atoms. The Morgan fingerprint density at radius 3 is 3.29 bits per heavy atom. The Morgan fingerprint density at radius 1 is 1.47 bits per heavy atom. The highest BCUT2D eigenvalue weighted by Crippen LogP contribution is 2.28. The van der Waals surface area contributed by atoms with Crippen molar-refractivity contribution >= 4 is 27.4 Å². The van der Waals surface area contributed by atoms with E-state index in [0.717, 1.165) is 23.7 Å². The molecular formula is C12H16N4S. The van der Waals surface area contributed by atoms with Gasteiger partial charge in [0.15, 0.2) is 0 Å². The summed E-state index contributed by atoms with van der Waals surface area (Å²) in [5.41, 5.74) is 0. The van der Waals surface area contributed by atoms with Crippen molar-refractivity contribution in [3.63, 3.8) is 0 Å². The molecule has 0 radical (unpaired) electrons. The molecule has 17 heavy (non-hydrogen) atoms. The van der Waals surface area contributed by atoms with Gasteiger partial charge in [-0.25, -0.2) is 9.97 Å². The number of piperidine rings is 1. The molecule has 3 heterocycles. The van der Waals surface area contributed by atoms with E-state index < -0.39 is 0 Å². The molecule has 2 aromatic rings. The molecule has 3 rings (SSSR count). The summed E-state index contributed by atoms with van der Waals surface area (Å²) in [5.74, 6) is 1.09. The molecule has 4 nitrogen and oxygen atoms in total. The number of nitrogens with one attached hydrogen (secondary N) is 1. The van der Waals surface area contributed by atoms with Gasteiger partial charge in [-0.2, -0.15) is 0 Å². The predicted octanol–water partition coefficient (Wildman–Crippen LogP) is 1.88. The van der Waals surface area contributed by atoms with Crippen LogP contribution in [0, 0.1) is 0 Å². The summed E-state index contributed by atoms with van der Waals surface area (Å²) in [7, 11) is 2.04. The zero-order chi connectivity index (χ0) is 11.7. The normalized spacial score (nSPS) is 21.0. The third-order valence-electron chi connectivity index (χ3n) is 3.37. The number of thiophene rings is 1. The molecule has 1 unspecified atom stereocenters. The summed E-state index contributed by atoms with van der Waals surface area (Å²) in [5, 5.41) is 6.64. The van der Waals surface area contributed by atoms with E-state index in [0.29, 0.717) is 6.04 Å². The van der Waals surface area contributed by atoms with Crippen molar-refractivity contribution in [2.45, 2.75) is 18.9 Å². The summed E-state index contributed by atoms with van der Waals surface area (Å²) < 4.78 is 0. The van der Waals surface area contributed by atoms with Crippen molar-refractivity contribution in [3.8, 4) is 0 Å². The predicted molar refractivity (Wildman–Crippen MR) is 71.7 cm³/mol. The van der Waals surface area contributed by atoms with Crippen molar-refractivity contribution in [2.75, 3.05) is 25.0 Å². The Bertz CT molecular complexity index is 510. The van der Waals surface area contributed by atoms with E-state index in [1.54, 1.807) is 17.7 Å². The largest absolute Gasteiger partial charge is 0.354 e. The van der Waals surface area contributed by atoms with Crippen molar-refractivity contribution in [1.29, 1.82) is 0 Å². The van der Waals surface area contributed by atoms with Crippen LogP contribution in [0.3, 0.4) is 0 Å². The molecule has 0 aromatic carbocycles. The van der Waals surface area contributed by atoms with Gasteiger partial charge in [-0.15, -0.1) is 11.3 Å². The van der Waals surface area contributed by atoms with Gasteiger partial charge < -0.3 is 10.2 Å². The van der Waals surface area contributed by atoms with Crippen molar-refractivity contribution in [1.82, 2.24) is 15.3 Å². The second kappa shape index (κ2) is 4.58. The van der Waals surface area contributed by atoms with E-state index in [4.69, 9.17) is 0 Å². The second-order valence-electron chi connectivity index (χ2n) is 4.41. The topological polar surface area (TPSA) is 41.0 Å². The maximum Gasteiger partial charge on any atom is 0.140 e. The third-order valence-corrected chi connectivity index (χ3v) is 4.19. The molecule has 90 valence electrons. The van der Waals surface area contributed by atoms with Gasteiger partial charge in [0.05, 0.1) is 5.39 Å². The molecule has 0 saturated carbocycles. The Balaban J connectivity index is 1.94. The number of likely N-dealkylation sites (N-methyl/N-ethyl adjacent to an activating group) is 1. The SMILES string of the molecule is CNC1CCCN(c2ncnc3sccc23)C1. The summed E-state index contributed by atoms with van der Waals surface area (Å²) in [6.45, 7) is 2.14. The number of hydrogen-bond donors (Lipinski definition) is 1. The van der Waals surface area contributed by atoms with Crippen LogP contribution in [0.1, 0.15) is 12.8 Å². The molecule has 1 aliphatic heterocycles. The van der Waals surface area contributed by atoms with Crippen LogP contribution in [0.2, 0.25) is 0 Å². The lowest BCUT2D eigenvalue weighted by Crippen LogP contribution is -2.44. The van der Waals surface area contributed by atoms with Crippen LogP contribution in [0.15, 0.2) is 17.8 Å². The van der Waals surface area contributed by atoms with E-state index in [-0.39, 0.29) is 0 Å². The number of hydrogen-bond acceptors (Lipinski definition) is 5. The van der Waals surface area contributed by atoms with Crippen molar-refractivity contribution < 1.29 is 0 Å². The van der Waals surface area contributed by atoms with Crippen molar-refractivity contribution in [3.05, 3.63) is 17.8 Å². The van der Waals surface area contributed by atoms with Crippen LogP contribution < -0.4 is 10.2 Å². The van der Waals surface area contributed by atoms with Crippen LogP contribution in [0.5, 0.6) is 0 Å². The summed E-state index contributed by atoms with van der Waals surface area (Å²) in [6.07, 6.45) is 4.16. The van der Waals surface area contributed by atoms with Crippen LogP contribution in [0.4, 0.5) is 5.82 Å². The smallest absolute Gasteiger partial charge is 0.140 e. The monoisotopic (exact) mass is 248 g/mol. The van der Waals surface area contributed by atoms with Crippen LogP contribution in [-0.4, -0.2) is 36.1 Å². The average molecular weight is 248 g/mol. The molecule has 2 aromatic heterocycles. The lowest BCUT2D eigenvalue weighted by Gasteiger charge is -2.33. The second-order valence-corrected chi connectivity index (χ2v) is 5.31. The quantitative estimate of drug-likeness (QED) is 0.881. The minimum atomic E-state index is 0.576. The summed E-state index contributed by atoms with van der Waals surface area (Å²) in [4.78, 5) is 12.2. The number of rotatable bonds is 2. The highest BCUT2D eigenvalue weighted by atomic mass is 32.1.